The fourth-order valence-corrected chi connectivity index (χ4v) is 5.61. The van der Waals surface area contributed by atoms with E-state index in [0.29, 0.717) is 19.6 Å². The number of quaternary nitrogens is 1. The van der Waals surface area contributed by atoms with Crippen LogP contribution in [-0.2, 0) is 10.1 Å². The van der Waals surface area contributed by atoms with E-state index in [-0.39, 0.29) is 17.6 Å². The Morgan fingerprint density at radius 2 is 1.39 bits per heavy atom. The van der Waals surface area contributed by atoms with Crippen molar-refractivity contribution in [2.45, 2.75) is 116 Å². The zero-order chi connectivity index (χ0) is 24.4. The van der Waals surface area contributed by atoms with Crippen LogP contribution in [-0.4, -0.2) is 73.0 Å². The third-order valence-electron chi connectivity index (χ3n) is 6.86. The van der Waals surface area contributed by atoms with Crippen LogP contribution in [0.4, 0.5) is 0 Å². The Hall–Kier alpha value is -0.540. The van der Waals surface area contributed by atoms with Gasteiger partial charge in [0.25, 0.3) is 10.1 Å². The van der Waals surface area contributed by atoms with E-state index in [9.17, 15) is 18.6 Å². The van der Waals surface area contributed by atoms with E-state index in [1.165, 1.54) is 83.5 Å². The Bertz CT molecular complexity index is 626. The highest BCUT2D eigenvalue weighted by Gasteiger charge is 2.39. The summed E-state index contributed by atoms with van der Waals surface area (Å²) in [4.78, 5) is 4.59. The summed E-state index contributed by atoms with van der Waals surface area (Å²) in [6.07, 6.45) is 19.2. The molecule has 7 nitrogen and oxygen atoms in total. The molecule has 33 heavy (non-hydrogen) atoms. The summed E-state index contributed by atoms with van der Waals surface area (Å²) in [5.74, 6) is 0.216. The van der Waals surface area contributed by atoms with Crippen LogP contribution in [0.3, 0.4) is 0 Å². The van der Waals surface area contributed by atoms with Crippen LogP contribution in [0.15, 0.2) is 4.99 Å². The van der Waals surface area contributed by atoms with Gasteiger partial charge in [0.1, 0.15) is 24.9 Å². The fourth-order valence-electron chi connectivity index (χ4n) is 5.02. The Kier molecular flexibility index (Phi) is 16.5. The van der Waals surface area contributed by atoms with E-state index in [2.05, 4.69) is 11.9 Å². The van der Waals surface area contributed by atoms with Gasteiger partial charge in [-0.2, -0.15) is 8.42 Å². The third kappa shape index (κ3) is 14.5. The van der Waals surface area contributed by atoms with E-state index in [1.54, 1.807) is 0 Å². The van der Waals surface area contributed by atoms with Crippen LogP contribution < -0.4 is 5.11 Å². The maximum atomic E-state index is 11.4. The second-order valence-corrected chi connectivity index (χ2v) is 11.4. The molecular weight excluding hydrogens is 440 g/mol. The predicted octanol–water partition coefficient (Wildman–Crippen LogP) is 4.09. The molecule has 2 atom stereocenters. The van der Waals surface area contributed by atoms with Crippen molar-refractivity contribution in [3.05, 3.63) is 0 Å². The molecule has 1 aliphatic rings. The molecule has 2 N–H and O–H groups in total. The monoisotopic (exact) mass is 490 g/mol. The molecule has 0 saturated carbocycles. The lowest BCUT2D eigenvalue weighted by Gasteiger charge is -2.37. The predicted molar refractivity (Wildman–Crippen MR) is 134 cm³/mol. The normalized spacial score (nSPS) is 19.7. The van der Waals surface area contributed by atoms with Crippen LogP contribution >= 0.6 is 0 Å². The molecule has 0 aromatic carbocycles. The minimum atomic E-state index is -4.25. The van der Waals surface area contributed by atoms with Gasteiger partial charge >= 0.3 is 0 Å². The molecule has 0 fully saturated rings. The van der Waals surface area contributed by atoms with Crippen molar-refractivity contribution >= 4 is 16.0 Å². The van der Waals surface area contributed by atoms with Gasteiger partial charge in [-0.25, -0.2) is 4.99 Å². The quantitative estimate of drug-likeness (QED) is 0.135. The number of aliphatic imine (C=N–C) groups is 1. The highest BCUT2D eigenvalue weighted by atomic mass is 32.2. The first-order valence-corrected chi connectivity index (χ1v) is 15.0. The summed E-state index contributed by atoms with van der Waals surface area (Å²) in [6, 6.07) is 0. The Morgan fingerprint density at radius 1 is 0.909 bits per heavy atom. The number of unbranched alkanes of at least 4 members (excludes halogenated alkanes) is 14. The maximum absolute atomic E-state index is 11.4. The Balaban J connectivity index is 2.14. The van der Waals surface area contributed by atoms with Crippen molar-refractivity contribution in [1.82, 2.24) is 0 Å². The third-order valence-corrected chi connectivity index (χ3v) is 7.66. The summed E-state index contributed by atoms with van der Waals surface area (Å²) in [5, 5.41) is 21.5. The highest BCUT2D eigenvalue weighted by Crippen LogP contribution is 2.21. The second-order valence-electron chi connectivity index (χ2n) is 9.88. The lowest BCUT2D eigenvalue weighted by molar-refractivity contribution is -0.845. The van der Waals surface area contributed by atoms with E-state index in [1.807, 2.05) is 0 Å². The average molecular weight is 491 g/mol. The molecule has 0 amide bonds. The van der Waals surface area contributed by atoms with Gasteiger partial charge in [0.15, 0.2) is 5.84 Å². The molecule has 0 bridgehead atoms. The van der Waals surface area contributed by atoms with Crippen LogP contribution in [0.25, 0.3) is 0 Å². The SMILES string of the molecule is CCCCCCCCCCCCCCCCCC1=NCC[N+]1(CC[O-])CC(O)CS(=O)(=O)O. The maximum Gasteiger partial charge on any atom is 0.267 e. The van der Waals surface area contributed by atoms with Gasteiger partial charge in [-0.3, -0.25) is 9.04 Å². The van der Waals surface area contributed by atoms with Gasteiger partial charge in [0.05, 0.1) is 13.1 Å². The van der Waals surface area contributed by atoms with Gasteiger partial charge in [-0.15, -0.1) is 0 Å². The second kappa shape index (κ2) is 17.8. The minimum Gasteiger partial charge on any atom is -0.850 e. The molecule has 0 aromatic rings. The molecule has 1 aliphatic heterocycles. The van der Waals surface area contributed by atoms with Crippen molar-refractivity contribution in [1.29, 1.82) is 0 Å². The van der Waals surface area contributed by atoms with Crippen molar-refractivity contribution in [3.8, 4) is 0 Å². The number of aliphatic hydroxyl groups is 1. The van der Waals surface area contributed by atoms with Gasteiger partial charge in [0.2, 0.25) is 0 Å². The molecule has 196 valence electrons. The summed E-state index contributed by atoms with van der Waals surface area (Å²) >= 11 is 0. The van der Waals surface area contributed by atoms with E-state index >= 15 is 0 Å². The van der Waals surface area contributed by atoms with Crippen molar-refractivity contribution in [2.24, 2.45) is 4.99 Å². The Labute approximate surface area is 203 Å². The zero-order valence-electron chi connectivity index (χ0n) is 21.1. The van der Waals surface area contributed by atoms with E-state index < -0.39 is 22.0 Å². The molecular formula is C25H50N2O5S. The number of rotatable bonds is 22. The summed E-state index contributed by atoms with van der Waals surface area (Å²) in [6.45, 7) is 3.62. The standard InChI is InChI=1S/C25H50N2O5S/c1-2-3-4-5-6-7-8-9-10-11-12-13-14-15-16-17-25-26-18-19-27(25,20-21-28)22-24(29)23-33(30,31)32/h24,29H,2-23H2,1H3,(H,30,31,32). The average Bonchev–Trinajstić information content (AvgIpc) is 3.11. The summed E-state index contributed by atoms with van der Waals surface area (Å²) in [5.41, 5.74) is 0. The summed E-state index contributed by atoms with van der Waals surface area (Å²) in [7, 11) is -4.25. The first-order chi connectivity index (χ1) is 15.8. The largest absolute Gasteiger partial charge is 0.850 e. The number of hydrogen-bond donors (Lipinski definition) is 2. The van der Waals surface area contributed by atoms with E-state index in [4.69, 9.17) is 4.55 Å². The van der Waals surface area contributed by atoms with Crippen LogP contribution in [0.5, 0.6) is 0 Å². The fraction of sp³-hybridized carbons (Fsp3) is 0.960. The first kappa shape index (κ1) is 30.5. The minimum absolute atomic E-state index is 0.125. The molecule has 0 saturated heterocycles. The van der Waals surface area contributed by atoms with Gasteiger partial charge in [-0.05, 0) is 6.42 Å². The molecule has 0 radical (unpaired) electrons. The molecule has 8 heteroatoms. The van der Waals surface area contributed by atoms with Crippen LogP contribution in [0, 0.1) is 0 Å². The Morgan fingerprint density at radius 3 is 1.85 bits per heavy atom. The zero-order valence-corrected chi connectivity index (χ0v) is 21.9. The molecule has 0 spiro atoms. The molecule has 2 unspecified atom stereocenters. The lowest BCUT2D eigenvalue weighted by Crippen LogP contribution is -2.58. The lowest BCUT2D eigenvalue weighted by atomic mass is 10.0. The molecule has 1 heterocycles. The van der Waals surface area contributed by atoms with Gasteiger partial charge < -0.3 is 10.2 Å². The summed E-state index contributed by atoms with van der Waals surface area (Å²) < 4.78 is 31.5. The van der Waals surface area contributed by atoms with Crippen LogP contribution in [0.2, 0.25) is 0 Å². The number of amidine groups is 1. The topological polar surface area (TPSA) is 110 Å². The number of aliphatic hydroxyl groups excluding tert-OH is 1. The van der Waals surface area contributed by atoms with Crippen molar-refractivity contribution in [2.75, 3.05) is 38.5 Å². The number of hydrogen-bond acceptors (Lipinski definition) is 5. The molecule has 1 rings (SSSR count). The highest BCUT2D eigenvalue weighted by molar-refractivity contribution is 7.85. The van der Waals surface area contributed by atoms with Gasteiger partial charge in [-0.1, -0.05) is 103 Å². The van der Waals surface area contributed by atoms with Crippen LogP contribution in [0.1, 0.15) is 110 Å². The molecule has 0 aliphatic carbocycles. The van der Waals surface area contributed by atoms with Crippen molar-refractivity contribution < 1.29 is 27.7 Å². The van der Waals surface area contributed by atoms with Crippen molar-refractivity contribution in [3.63, 3.8) is 0 Å². The number of nitrogens with zero attached hydrogens (tertiary/aromatic N) is 2. The van der Waals surface area contributed by atoms with Gasteiger partial charge in [0, 0.05) is 6.42 Å². The molecule has 0 aromatic heterocycles. The first-order valence-electron chi connectivity index (χ1n) is 13.4. The smallest absolute Gasteiger partial charge is 0.267 e. The van der Waals surface area contributed by atoms with E-state index in [0.717, 1.165) is 25.1 Å².